The number of carbonyl (C=O) groups is 2. The Balaban J connectivity index is 1.66. The molecule has 2 atom stereocenters. The number of amides is 2. The molecule has 0 radical (unpaired) electrons. The van der Waals surface area contributed by atoms with Crippen molar-refractivity contribution < 1.29 is 19.1 Å². The predicted molar refractivity (Wildman–Crippen MR) is 131 cm³/mol. The van der Waals surface area contributed by atoms with Gasteiger partial charge in [0.25, 0.3) is 5.91 Å². The first-order valence-electron chi connectivity index (χ1n) is 11.6. The Morgan fingerprint density at radius 1 is 1.33 bits per heavy atom. The van der Waals surface area contributed by atoms with Crippen LogP contribution in [0.1, 0.15) is 43.1 Å². The lowest BCUT2D eigenvalue weighted by Gasteiger charge is -2.23. The van der Waals surface area contributed by atoms with Crippen molar-refractivity contribution in [2.75, 3.05) is 25.0 Å². The van der Waals surface area contributed by atoms with E-state index in [-0.39, 0.29) is 24.1 Å². The van der Waals surface area contributed by atoms with E-state index in [0.29, 0.717) is 42.2 Å². The number of rotatable bonds is 7. The molecule has 36 heavy (non-hydrogen) atoms. The Hall–Kier alpha value is -4.04. The summed E-state index contributed by atoms with van der Waals surface area (Å²) in [6.45, 7) is 4.92. The van der Waals surface area contributed by atoms with Crippen LogP contribution in [-0.2, 0) is 4.79 Å². The highest BCUT2D eigenvalue weighted by molar-refractivity contribution is 5.99. The first-order chi connectivity index (χ1) is 17.1. The Bertz CT molecular complexity index is 1340. The monoisotopic (exact) mass is 493 g/mol. The van der Waals surface area contributed by atoms with Gasteiger partial charge in [0.15, 0.2) is 0 Å². The number of aromatic nitrogens is 3. The van der Waals surface area contributed by atoms with Gasteiger partial charge in [0.05, 0.1) is 29.0 Å². The van der Waals surface area contributed by atoms with Gasteiger partial charge in [0.2, 0.25) is 5.91 Å². The number of pyridine rings is 2. The van der Waals surface area contributed by atoms with Crippen molar-refractivity contribution in [1.29, 1.82) is 5.26 Å². The van der Waals surface area contributed by atoms with Crippen LogP contribution in [0.4, 0.5) is 10.1 Å². The lowest BCUT2D eigenvalue weighted by molar-refractivity contribution is -0.127. The number of hydrogen-bond donors (Lipinski definition) is 3. The minimum absolute atomic E-state index is 0.0186. The summed E-state index contributed by atoms with van der Waals surface area (Å²) in [6.07, 6.45) is 3.70. The highest BCUT2D eigenvalue weighted by Gasteiger charge is 2.28. The summed E-state index contributed by atoms with van der Waals surface area (Å²) in [4.78, 5) is 35.3. The van der Waals surface area contributed by atoms with Gasteiger partial charge in [-0.05, 0) is 32.4 Å². The zero-order chi connectivity index (χ0) is 26.0. The number of aliphatic hydroxyl groups is 1. The second kappa shape index (κ2) is 9.91. The van der Waals surface area contributed by atoms with Crippen molar-refractivity contribution in [1.82, 2.24) is 24.8 Å². The first-order valence-corrected chi connectivity index (χ1v) is 11.6. The molecule has 0 saturated carbocycles. The molecule has 3 N–H and O–H groups in total. The van der Waals surface area contributed by atoms with Crippen LogP contribution in [0.5, 0.6) is 0 Å². The molecule has 0 aliphatic carbocycles. The topological polar surface area (TPSA) is 136 Å². The summed E-state index contributed by atoms with van der Waals surface area (Å²) in [5.74, 6) is -0.0727. The van der Waals surface area contributed by atoms with Gasteiger partial charge in [0.1, 0.15) is 23.7 Å². The maximum Gasteiger partial charge on any atom is 0.255 e. The number of alkyl halides is 1. The van der Waals surface area contributed by atoms with Gasteiger partial charge in [-0.3, -0.25) is 14.2 Å². The molecule has 11 heteroatoms. The highest BCUT2D eigenvalue weighted by Crippen LogP contribution is 2.25. The van der Waals surface area contributed by atoms with E-state index < -0.39 is 17.7 Å². The predicted octanol–water partition coefficient (Wildman–Crippen LogP) is 2.16. The number of likely N-dealkylation sites (tertiary alicyclic amines) is 1. The number of fused-ring (bicyclic) bond motifs is 1. The molecule has 188 valence electrons. The molecule has 4 heterocycles. The third-order valence-electron chi connectivity index (χ3n) is 6.24. The van der Waals surface area contributed by atoms with Crippen molar-refractivity contribution in [3.8, 4) is 11.9 Å². The quantitative estimate of drug-likeness (QED) is 0.459. The number of hydrogen-bond acceptors (Lipinski definition) is 7. The van der Waals surface area contributed by atoms with Gasteiger partial charge >= 0.3 is 0 Å². The standard InChI is InChI=1S/C25H28FN7O3/c1-15(34)32-6-5-18(14-32)31-20-9-22(33-7-4-17-8-16(10-27)11-29-23(17)33)28-12-19(20)24(35)30-13-21(26)25(2,3)36/h4,7-9,11-12,18,21,36H,5-6,13-14H2,1-3H3,(H,28,31)(H,30,35). The third kappa shape index (κ3) is 5.28. The van der Waals surface area contributed by atoms with Crippen LogP contribution in [0.15, 0.2) is 36.8 Å². The molecule has 3 aromatic rings. The van der Waals surface area contributed by atoms with Crippen LogP contribution in [-0.4, -0.2) is 73.8 Å². The number of anilines is 1. The minimum atomic E-state index is -1.65. The minimum Gasteiger partial charge on any atom is -0.387 e. The van der Waals surface area contributed by atoms with E-state index in [9.17, 15) is 19.1 Å². The summed E-state index contributed by atoms with van der Waals surface area (Å²) in [5, 5.41) is 25.6. The molecule has 2 unspecified atom stereocenters. The van der Waals surface area contributed by atoms with Gasteiger partial charge in [-0.15, -0.1) is 0 Å². The van der Waals surface area contributed by atoms with Crippen molar-refractivity contribution in [3.63, 3.8) is 0 Å². The number of halogens is 1. The molecule has 0 bridgehead atoms. The fourth-order valence-corrected chi connectivity index (χ4v) is 4.06. The fourth-order valence-electron chi connectivity index (χ4n) is 4.06. The molecule has 1 fully saturated rings. The van der Waals surface area contributed by atoms with Gasteiger partial charge in [-0.1, -0.05) is 0 Å². The number of nitrogens with zero attached hydrogens (tertiary/aromatic N) is 5. The number of nitrogens with one attached hydrogen (secondary N) is 2. The lowest BCUT2D eigenvalue weighted by Crippen LogP contribution is -2.42. The molecule has 0 spiro atoms. The average Bonchev–Trinajstić information content (AvgIpc) is 3.48. The van der Waals surface area contributed by atoms with Crippen molar-refractivity contribution >= 4 is 28.5 Å². The van der Waals surface area contributed by atoms with E-state index in [0.717, 1.165) is 5.39 Å². The van der Waals surface area contributed by atoms with E-state index in [1.54, 1.807) is 27.8 Å². The molecule has 3 aromatic heterocycles. The number of carbonyl (C=O) groups excluding carboxylic acids is 2. The fraction of sp³-hybridized carbons (Fsp3) is 0.400. The second-order valence-corrected chi connectivity index (χ2v) is 9.45. The van der Waals surface area contributed by atoms with Crippen molar-refractivity contribution in [3.05, 3.63) is 47.9 Å². The molecular weight excluding hydrogens is 465 g/mol. The summed E-state index contributed by atoms with van der Waals surface area (Å²) in [6, 6.07) is 7.23. The zero-order valence-electron chi connectivity index (χ0n) is 20.3. The Kier molecular flexibility index (Phi) is 6.90. The van der Waals surface area contributed by atoms with Crippen LogP contribution < -0.4 is 10.6 Å². The van der Waals surface area contributed by atoms with E-state index in [4.69, 9.17) is 5.26 Å². The maximum atomic E-state index is 14.2. The first kappa shape index (κ1) is 25.1. The van der Waals surface area contributed by atoms with Gasteiger partial charge < -0.3 is 20.6 Å². The van der Waals surface area contributed by atoms with Crippen LogP contribution in [0.2, 0.25) is 0 Å². The zero-order valence-corrected chi connectivity index (χ0v) is 20.3. The van der Waals surface area contributed by atoms with Crippen LogP contribution in [0.25, 0.3) is 16.9 Å². The van der Waals surface area contributed by atoms with Crippen molar-refractivity contribution in [2.45, 2.75) is 45.0 Å². The molecule has 1 aliphatic heterocycles. The molecular formula is C25H28FN7O3. The molecule has 1 aliphatic rings. The highest BCUT2D eigenvalue weighted by atomic mass is 19.1. The van der Waals surface area contributed by atoms with Gasteiger partial charge in [-0.2, -0.15) is 5.26 Å². The summed E-state index contributed by atoms with van der Waals surface area (Å²) < 4.78 is 16.0. The van der Waals surface area contributed by atoms with Gasteiger partial charge in [0, 0.05) is 56.1 Å². The van der Waals surface area contributed by atoms with E-state index in [1.165, 1.54) is 33.2 Å². The lowest BCUT2D eigenvalue weighted by atomic mass is 10.0. The Labute approximate surface area is 207 Å². The van der Waals surface area contributed by atoms with E-state index in [1.807, 2.05) is 6.07 Å². The maximum absolute atomic E-state index is 14.2. The summed E-state index contributed by atoms with van der Waals surface area (Å²) in [7, 11) is 0. The molecule has 2 amide bonds. The van der Waals surface area contributed by atoms with Crippen LogP contribution in [0, 0.1) is 11.3 Å². The molecule has 10 nitrogen and oxygen atoms in total. The summed E-state index contributed by atoms with van der Waals surface area (Å²) >= 11 is 0. The Morgan fingerprint density at radius 2 is 2.11 bits per heavy atom. The van der Waals surface area contributed by atoms with Crippen LogP contribution >= 0.6 is 0 Å². The van der Waals surface area contributed by atoms with E-state index >= 15 is 0 Å². The molecule has 1 saturated heterocycles. The van der Waals surface area contributed by atoms with Crippen LogP contribution in [0.3, 0.4) is 0 Å². The number of nitriles is 1. The average molecular weight is 494 g/mol. The van der Waals surface area contributed by atoms with Gasteiger partial charge in [-0.25, -0.2) is 14.4 Å². The van der Waals surface area contributed by atoms with Crippen molar-refractivity contribution in [2.24, 2.45) is 0 Å². The molecule has 0 aromatic carbocycles. The largest absolute Gasteiger partial charge is 0.387 e. The SMILES string of the molecule is CC(=O)N1CCC(Nc2cc(-n3ccc4cc(C#N)cnc43)ncc2C(=O)NCC(F)C(C)(C)O)C1. The Morgan fingerprint density at radius 3 is 2.78 bits per heavy atom. The van der Waals surface area contributed by atoms with E-state index in [2.05, 4.69) is 26.7 Å². The third-order valence-corrected chi connectivity index (χ3v) is 6.24. The smallest absolute Gasteiger partial charge is 0.255 e. The normalized spacial score (nSPS) is 16.6. The molecule has 4 rings (SSSR count). The second-order valence-electron chi connectivity index (χ2n) is 9.45. The summed E-state index contributed by atoms with van der Waals surface area (Å²) in [5.41, 5.74) is 0.126.